The number of aromatic hydroxyl groups is 1. The zero-order chi connectivity index (χ0) is 49.0. The van der Waals surface area contributed by atoms with Gasteiger partial charge in [-0.15, -0.1) is 0 Å². The number of H-pyrrole nitrogens is 1. The highest BCUT2D eigenvalue weighted by molar-refractivity contribution is 6.04. The molecule has 6 atom stereocenters. The van der Waals surface area contributed by atoms with Crippen molar-refractivity contribution in [3.8, 4) is 39.9 Å². The molecule has 370 valence electrons. The van der Waals surface area contributed by atoms with Gasteiger partial charge in [0.2, 0.25) is 5.75 Å². The molecule has 0 spiro atoms. The number of nitrogens with zero attached hydrogens (tertiary/aromatic N) is 1. The molecule has 11 rings (SSSR count). The van der Waals surface area contributed by atoms with Crippen molar-refractivity contribution in [1.82, 2.24) is 10.3 Å². The van der Waals surface area contributed by atoms with Gasteiger partial charge in [-0.25, -0.2) is 0 Å². The summed E-state index contributed by atoms with van der Waals surface area (Å²) in [5.41, 5.74) is 10.1. The van der Waals surface area contributed by atoms with Gasteiger partial charge in [0.25, 0.3) is 0 Å². The number of Topliss-reactive ketones (excluding diaryl/α,β-unsaturated/α-hetero) is 1. The topological polar surface area (TPSA) is 166 Å². The summed E-state index contributed by atoms with van der Waals surface area (Å²) >= 11 is 0. The van der Waals surface area contributed by atoms with Crippen LogP contribution in [0.1, 0.15) is 106 Å². The van der Waals surface area contributed by atoms with Crippen LogP contribution < -0.4 is 29.2 Å². The number of phenolic OH excluding ortho intramolecular Hbond substituents is 1. The van der Waals surface area contributed by atoms with Crippen LogP contribution in [0.3, 0.4) is 0 Å². The number of methoxy groups -OCH3 is 1. The Labute approximate surface area is 415 Å². The summed E-state index contributed by atoms with van der Waals surface area (Å²) in [5.74, 6) is 1.59. The van der Waals surface area contributed by atoms with Crippen LogP contribution in [0, 0.1) is 5.92 Å². The van der Waals surface area contributed by atoms with Crippen LogP contribution in [0.5, 0.6) is 28.7 Å². The average molecular weight is 960 g/mol. The molecule has 1 unspecified atom stereocenters. The second-order valence-corrected chi connectivity index (χ2v) is 19.5. The first kappa shape index (κ1) is 48.1. The van der Waals surface area contributed by atoms with Gasteiger partial charge in [0, 0.05) is 61.4 Å². The van der Waals surface area contributed by atoms with E-state index in [1.165, 1.54) is 7.11 Å². The summed E-state index contributed by atoms with van der Waals surface area (Å²) in [6.07, 6.45) is 5.46. The number of anilines is 1. The summed E-state index contributed by atoms with van der Waals surface area (Å²) < 4.78 is 26.8. The number of hydrogen-bond donors (Lipinski definition) is 6. The molecule has 1 saturated heterocycles. The Bertz CT molecular complexity index is 2860. The zero-order valence-corrected chi connectivity index (χ0v) is 40.6. The number of aromatic nitrogens is 1. The maximum atomic E-state index is 14.8. The second kappa shape index (κ2) is 21.4. The number of rotatable bonds is 10. The van der Waals surface area contributed by atoms with E-state index in [0.717, 1.165) is 88.5 Å². The molecule has 0 radical (unpaired) electrons. The Balaban J connectivity index is 1.10. The van der Waals surface area contributed by atoms with Crippen LogP contribution in [0.4, 0.5) is 5.82 Å². The molecule has 5 aromatic carbocycles. The normalized spacial score (nSPS) is 21.5. The Morgan fingerprint density at radius 1 is 0.901 bits per heavy atom. The van der Waals surface area contributed by atoms with Gasteiger partial charge in [-0.1, -0.05) is 104 Å². The van der Waals surface area contributed by atoms with Gasteiger partial charge in [0.1, 0.15) is 29.0 Å². The number of aliphatic hydroxyl groups is 3. The molecule has 6 N–H and O–H groups in total. The molecule has 5 heterocycles. The second-order valence-electron chi connectivity index (χ2n) is 19.5. The number of fused-ring (bicyclic) bond motifs is 5. The van der Waals surface area contributed by atoms with Crippen LogP contribution in [0.2, 0.25) is 0 Å². The Morgan fingerprint density at radius 2 is 1.75 bits per heavy atom. The quantitative estimate of drug-likeness (QED) is 0.0776. The van der Waals surface area contributed by atoms with Crippen molar-refractivity contribution in [2.45, 2.75) is 88.6 Å². The van der Waals surface area contributed by atoms with E-state index in [-0.39, 0.29) is 79.1 Å². The average Bonchev–Trinajstić information content (AvgIpc) is 3.83. The fourth-order valence-electron chi connectivity index (χ4n) is 11.1. The van der Waals surface area contributed by atoms with E-state index in [9.17, 15) is 25.2 Å². The number of hydrogen-bond acceptors (Lipinski definition) is 11. The van der Waals surface area contributed by atoms with Crippen LogP contribution in [-0.4, -0.2) is 89.9 Å². The highest BCUT2D eigenvalue weighted by Gasteiger charge is 2.39. The van der Waals surface area contributed by atoms with E-state index < -0.39 is 18.3 Å². The van der Waals surface area contributed by atoms with Crippen LogP contribution in [-0.2, 0) is 25.7 Å². The number of nitrogens with one attached hydrogen (secondary N) is 2. The monoisotopic (exact) mass is 959 g/mol. The lowest BCUT2D eigenvalue weighted by molar-refractivity contribution is 0.0831. The van der Waals surface area contributed by atoms with Gasteiger partial charge in [-0.3, -0.25) is 4.79 Å². The van der Waals surface area contributed by atoms with Crippen molar-refractivity contribution < 1.29 is 44.2 Å². The minimum Gasteiger partial charge on any atom is -0.508 e. The fourth-order valence-corrected chi connectivity index (χ4v) is 11.1. The van der Waals surface area contributed by atoms with E-state index in [2.05, 4.69) is 70.7 Å². The minimum atomic E-state index is -0.838. The summed E-state index contributed by atoms with van der Waals surface area (Å²) in [5, 5.41) is 47.7. The highest BCUT2D eigenvalue weighted by atomic mass is 16.5. The third-order valence-corrected chi connectivity index (χ3v) is 14.9. The molecule has 4 aliphatic heterocycles. The molecule has 1 fully saturated rings. The van der Waals surface area contributed by atoms with E-state index >= 15 is 0 Å². The van der Waals surface area contributed by atoms with E-state index in [1.807, 2.05) is 36.4 Å². The lowest BCUT2D eigenvalue weighted by Crippen LogP contribution is -2.52. The predicted molar refractivity (Wildman–Crippen MR) is 275 cm³/mol. The fraction of sp³-hybridized carbons (Fsp3) is 0.373. The Hall–Kier alpha value is -6.57. The Kier molecular flexibility index (Phi) is 14.5. The molecule has 5 aliphatic rings. The molecular weight excluding hydrogens is 895 g/mol. The maximum absolute atomic E-state index is 14.8. The number of piperazine rings is 1. The third-order valence-electron chi connectivity index (χ3n) is 14.9. The molecule has 12 heteroatoms. The van der Waals surface area contributed by atoms with Gasteiger partial charge in [-0.05, 0) is 102 Å². The first-order chi connectivity index (χ1) is 34.7. The van der Waals surface area contributed by atoms with Crippen LogP contribution in [0.15, 0.2) is 109 Å². The first-order valence-electron chi connectivity index (χ1n) is 25.3. The van der Waals surface area contributed by atoms with E-state index in [1.54, 1.807) is 30.3 Å². The lowest BCUT2D eigenvalue weighted by atomic mass is 9.74. The Morgan fingerprint density at radius 3 is 2.55 bits per heavy atom. The maximum Gasteiger partial charge on any atom is 0.204 e. The number of aliphatic hydroxyl groups excluding tert-OH is 3. The van der Waals surface area contributed by atoms with Crippen molar-refractivity contribution >= 4 is 17.7 Å². The number of phenols is 1. The number of aryl methyl sites for hydroxylation is 2. The number of ketones is 1. The molecule has 0 amide bonds. The largest absolute Gasteiger partial charge is 0.508 e. The van der Waals surface area contributed by atoms with Crippen LogP contribution in [0.25, 0.3) is 17.2 Å². The number of carbonyl (C=O) groups excluding carboxylic acids is 1. The number of carbonyl (C=O) groups is 1. The van der Waals surface area contributed by atoms with Gasteiger partial charge >= 0.3 is 0 Å². The minimum absolute atomic E-state index is 0.00927. The van der Waals surface area contributed by atoms with E-state index in [0.29, 0.717) is 42.7 Å². The molecular formula is C59H65N3O9. The van der Waals surface area contributed by atoms with Crippen molar-refractivity contribution in [3.63, 3.8) is 0 Å². The summed E-state index contributed by atoms with van der Waals surface area (Å²) in [6.45, 7) is 4.64. The smallest absolute Gasteiger partial charge is 0.204 e. The van der Waals surface area contributed by atoms with Crippen molar-refractivity contribution in [2.75, 3.05) is 51.5 Å². The van der Waals surface area contributed by atoms with Crippen molar-refractivity contribution in [1.29, 1.82) is 0 Å². The van der Waals surface area contributed by atoms with Crippen LogP contribution >= 0.6 is 0 Å². The molecule has 1 aliphatic carbocycles. The molecule has 6 bridgehead atoms. The molecule has 1 aromatic heterocycles. The number of aromatic amines is 1. The predicted octanol–water partition coefficient (Wildman–Crippen LogP) is 9.23. The number of ether oxygens (including phenoxy) is 4. The van der Waals surface area contributed by atoms with E-state index in [4.69, 9.17) is 18.9 Å². The summed E-state index contributed by atoms with van der Waals surface area (Å²) in [7, 11) is 1.53. The third kappa shape index (κ3) is 10.2. The SMILES string of the molecule is CCc1cc2c([nH]1)N1CCNC[C@@H]1Cc1ccc3c(c1)[C@H](O)CC[C@@H]3[C@H](CO)COc1c(c3c(c(OCC[C@@H](O)/C=C/c4ccccc4)c1OC)C(=O)CC(c1ccc(O)cc1)O3)CCc1cccc-2c1. The molecule has 12 nitrogen and oxygen atoms in total. The summed E-state index contributed by atoms with van der Waals surface area (Å²) in [6, 6.07) is 34.0. The van der Waals surface area contributed by atoms with Gasteiger partial charge < -0.3 is 54.6 Å². The standard InChI is InChI=1S/C59H65N3O9/c1-3-42-31-49-40-11-7-10-37(28-40)13-21-48-55-54(52(67)32-53(71-55)39-15-18-44(64)19-16-39)57(69-27-24-45(65)17-12-36-8-5-4-6-9-36)58(68-2)56(48)70-35-41(34-63)46-22-23-51(66)50-30-38(14-20-47(46)50)29-43-33-60-25-26-62(43)59(49)61-42/h4-12,14-20,28,30-31,41,43,45-46,51,53,60-61,63-66H,3,13,21-27,29,32-35H2,1-2H3/b17-12+/t41-,43+,45+,46-,51-,53?/m1/s1. The van der Waals surface area contributed by atoms with Gasteiger partial charge in [-0.2, -0.15) is 0 Å². The highest BCUT2D eigenvalue weighted by Crippen LogP contribution is 2.54. The molecule has 6 aromatic rings. The zero-order valence-electron chi connectivity index (χ0n) is 40.6. The molecule has 71 heavy (non-hydrogen) atoms. The first-order valence-corrected chi connectivity index (χ1v) is 25.3. The number of benzene rings is 5. The van der Waals surface area contributed by atoms with Crippen molar-refractivity contribution in [3.05, 3.63) is 159 Å². The molecule has 0 saturated carbocycles. The van der Waals surface area contributed by atoms with Gasteiger partial charge in [0.15, 0.2) is 17.3 Å². The summed E-state index contributed by atoms with van der Waals surface area (Å²) in [4.78, 5) is 21.1. The van der Waals surface area contributed by atoms with Crippen molar-refractivity contribution in [2.24, 2.45) is 5.92 Å². The lowest BCUT2D eigenvalue weighted by Gasteiger charge is -2.38. The van der Waals surface area contributed by atoms with Gasteiger partial charge in [0.05, 0.1) is 39.0 Å².